The fraction of sp³-hybridized carbons (Fsp3) is 0.625. The summed E-state index contributed by atoms with van der Waals surface area (Å²) in [4.78, 5) is 19.9. The Morgan fingerprint density at radius 2 is 1.13 bits per heavy atom. The van der Waals surface area contributed by atoms with Crippen molar-refractivity contribution in [2.45, 2.75) is 65.2 Å². The van der Waals surface area contributed by atoms with Gasteiger partial charge in [0.1, 0.15) is 0 Å². The maximum Gasteiger partial charge on any atom is 2.00 e. The fourth-order valence-corrected chi connectivity index (χ4v) is 1.71. The summed E-state index contributed by atoms with van der Waals surface area (Å²) in [5, 5.41) is 21.2. The second kappa shape index (κ2) is 20.3. The summed E-state index contributed by atoms with van der Waals surface area (Å²) >= 11 is 11.3. The number of unbranched alkanes of at least 4 members (excludes halogenated alkanes) is 2. The van der Waals surface area contributed by atoms with Crippen molar-refractivity contribution in [3.05, 3.63) is 22.2 Å². The number of aliphatic carboxylic acids is 2. The molecule has 0 aliphatic heterocycles. The zero-order valence-electron chi connectivity index (χ0n) is 13.9. The Balaban J connectivity index is -0.000000333. The first-order valence-corrected chi connectivity index (χ1v) is 8.17. The molecule has 0 atom stereocenters. The third kappa shape index (κ3) is 27.4. The van der Waals surface area contributed by atoms with Gasteiger partial charge in [-0.1, -0.05) is 62.0 Å². The van der Waals surface area contributed by atoms with Crippen LogP contribution in [-0.4, -0.2) is 49.7 Å². The molecule has 0 unspecified atom stereocenters. The van der Waals surface area contributed by atoms with Crippen LogP contribution in [0.25, 0.3) is 0 Å². The molecule has 0 rings (SSSR count). The van der Waals surface area contributed by atoms with Crippen molar-refractivity contribution >= 4 is 72.9 Å². The van der Waals surface area contributed by atoms with Crippen LogP contribution in [0.1, 0.15) is 65.2 Å². The van der Waals surface area contributed by atoms with Crippen LogP contribution in [0.5, 0.6) is 0 Å². The normalized spacial score (nSPS) is 11.1. The SMILES string of the molecule is CCCC/C(Cl)=C/CC(=O)[O-].CCCC/C(Cl)=C/CC(=O)[O-].[Ca+2]. The Bertz CT molecular complexity index is 346. The Morgan fingerprint density at radius 3 is 1.35 bits per heavy atom. The van der Waals surface area contributed by atoms with E-state index in [1.54, 1.807) is 0 Å². The summed E-state index contributed by atoms with van der Waals surface area (Å²) in [6, 6.07) is 0. The van der Waals surface area contributed by atoms with Gasteiger partial charge in [-0.25, -0.2) is 0 Å². The molecule has 0 spiro atoms. The van der Waals surface area contributed by atoms with E-state index in [0.717, 1.165) is 38.5 Å². The molecule has 0 aromatic carbocycles. The molecule has 4 nitrogen and oxygen atoms in total. The number of carboxylic acids is 2. The van der Waals surface area contributed by atoms with Gasteiger partial charge in [-0.15, -0.1) is 0 Å². The third-order valence-electron chi connectivity index (χ3n) is 2.52. The predicted molar refractivity (Wildman–Crippen MR) is 91.9 cm³/mol. The van der Waals surface area contributed by atoms with Gasteiger partial charge >= 0.3 is 37.7 Å². The van der Waals surface area contributed by atoms with E-state index in [2.05, 4.69) is 13.8 Å². The summed E-state index contributed by atoms with van der Waals surface area (Å²) in [7, 11) is 0. The average Bonchev–Trinajstić information content (AvgIpc) is 2.47. The summed E-state index contributed by atoms with van der Waals surface area (Å²) in [5.41, 5.74) is 0. The molecule has 0 heterocycles. The van der Waals surface area contributed by atoms with Gasteiger partial charge in [0.05, 0.1) is 0 Å². The second-order valence-electron chi connectivity index (χ2n) is 4.66. The van der Waals surface area contributed by atoms with E-state index >= 15 is 0 Å². The molecule has 0 bridgehead atoms. The number of allylic oxidation sites excluding steroid dienone is 2. The first-order valence-electron chi connectivity index (χ1n) is 7.42. The van der Waals surface area contributed by atoms with E-state index in [4.69, 9.17) is 23.2 Å². The third-order valence-corrected chi connectivity index (χ3v) is 3.21. The second-order valence-corrected chi connectivity index (χ2v) is 5.63. The molecule has 128 valence electrons. The van der Waals surface area contributed by atoms with Crippen LogP contribution >= 0.6 is 23.2 Å². The first-order chi connectivity index (χ1) is 10.3. The minimum atomic E-state index is -1.08. The molecule has 0 N–H and O–H groups in total. The summed E-state index contributed by atoms with van der Waals surface area (Å²) in [6.07, 6.45) is 8.50. The van der Waals surface area contributed by atoms with Gasteiger partial charge < -0.3 is 19.8 Å². The first kappa shape index (κ1) is 28.1. The zero-order chi connectivity index (χ0) is 17.4. The molecule has 0 aromatic rings. The van der Waals surface area contributed by atoms with Crippen molar-refractivity contribution in [1.29, 1.82) is 0 Å². The number of carboxylic acid groups (broad SMARTS) is 2. The molecule has 0 fully saturated rings. The molecule has 0 saturated carbocycles. The van der Waals surface area contributed by atoms with Crippen molar-refractivity contribution in [1.82, 2.24) is 0 Å². The van der Waals surface area contributed by atoms with E-state index in [9.17, 15) is 19.8 Å². The van der Waals surface area contributed by atoms with Crippen LogP contribution in [0.15, 0.2) is 22.2 Å². The molecule has 0 saturated heterocycles. The Hall–Kier alpha value is 0.260. The van der Waals surface area contributed by atoms with Gasteiger partial charge in [0.15, 0.2) is 0 Å². The van der Waals surface area contributed by atoms with Crippen LogP contribution < -0.4 is 10.2 Å². The Morgan fingerprint density at radius 1 is 0.826 bits per heavy atom. The molecule has 0 aliphatic carbocycles. The smallest absolute Gasteiger partial charge is 0.550 e. The standard InChI is InChI=1S/2C8H13ClO2.Ca/c2*1-2-3-4-7(9)5-6-8(10)11;/h2*5H,2-4,6H2,1H3,(H,10,11);/q;;+2/p-2/b2*7-5-;. The monoisotopic (exact) mass is 390 g/mol. The van der Waals surface area contributed by atoms with Gasteiger partial charge in [0.2, 0.25) is 0 Å². The van der Waals surface area contributed by atoms with E-state index in [1.807, 2.05) is 0 Å². The molecule has 0 amide bonds. The average molecular weight is 391 g/mol. The number of carbonyl (C=O) groups excluding carboxylic acids is 2. The minimum absolute atomic E-state index is 0. The van der Waals surface area contributed by atoms with E-state index in [0.29, 0.717) is 10.1 Å². The van der Waals surface area contributed by atoms with E-state index < -0.39 is 11.9 Å². The maximum absolute atomic E-state index is 9.96. The molecule has 0 radical (unpaired) electrons. The number of hydrogen-bond donors (Lipinski definition) is 0. The summed E-state index contributed by atoms with van der Waals surface area (Å²) in [5.74, 6) is -2.17. The summed E-state index contributed by atoms with van der Waals surface area (Å²) in [6.45, 7) is 4.12. The van der Waals surface area contributed by atoms with Gasteiger partial charge in [0, 0.05) is 34.8 Å². The molecular weight excluding hydrogens is 367 g/mol. The minimum Gasteiger partial charge on any atom is -0.550 e. The number of rotatable bonds is 10. The summed E-state index contributed by atoms with van der Waals surface area (Å²) < 4.78 is 0. The van der Waals surface area contributed by atoms with Crippen molar-refractivity contribution in [3.63, 3.8) is 0 Å². The Kier molecular flexibility index (Phi) is 24.8. The van der Waals surface area contributed by atoms with Gasteiger partial charge in [-0.2, -0.15) is 0 Å². The van der Waals surface area contributed by atoms with Gasteiger partial charge in [0.25, 0.3) is 0 Å². The largest absolute Gasteiger partial charge is 2.00 e. The van der Waals surface area contributed by atoms with Gasteiger partial charge in [-0.05, 0) is 25.7 Å². The van der Waals surface area contributed by atoms with E-state index in [-0.39, 0.29) is 50.6 Å². The quantitative estimate of drug-likeness (QED) is 0.536. The zero-order valence-corrected chi connectivity index (χ0v) is 17.6. The number of halogens is 2. The van der Waals surface area contributed by atoms with Crippen molar-refractivity contribution in [2.24, 2.45) is 0 Å². The molecule has 7 heteroatoms. The number of carbonyl (C=O) groups is 2. The van der Waals surface area contributed by atoms with Crippen molar-refractivity contribution < 1.29 is 19.8 Å². The van der Waals surface area contributed by atoms with Crippen molar-refractivity contribution in [2.75, 3.05) is 0 Å². The maximum atomic E-state index is 9.96. The molecular formula is C16H24CaCl2O4. The van der Waals surface area contributed by atoms with Gasteiger partial charge in [-0.3, -0.25) is 0 Å². The van der Waals surface area contributed by atoms with Crippen LogP contribution in [-0.2, 0) is 9.59 Å². The predicted octanol–water partition coefficient (Wildman–Crippen LogP) is 2.50. The molecule has 0 aliphatic rings. The fourth-order valence-electron chi connectivity index (χ4n) is 1.28. The molecule has 0 aromatic heterocycles. The Labute approximate surface area is 178 Å². The van der Waals surface area contributed by atoms with Crippen LogP contribution in [0.4, 0.5) is 0 Å². The van der Waals surface area contributed by atoms with Crippen LogP contribution in [0.2, 0.25) is 0 Å². The van der Waals surface area contributed by atoms with E-state index in [1.165, 1.54) is 12.2 Å². The van der Waals surface area contributed by atoms with Crippen LogP contribution in [0.3, 0.4) is 0 Å². The number of hydrogen-bond acceptors (Lipinski definition) is 4. The van der Waals surface area contributed by atoms with Crippen molar-refractivity contribution in [3.8, 4) is 0 Å². The molecule has 23 heavy (non-hydrogen) atoms. The topological polar surface area (TPSA) is 80.3 Å². The van der Waals surface area contributed by atoms with Crippen LogP contribution in [0, 0.1) is 0 Å².